The number of nitrogen functional groups attached to an aromatic ring is 2. The molecule has 5 aliphatic heterocycles. The first-order chi connectivity index (χ1) is 64.7. The number of aromatic nitrogens is 13. The van der Waals surface area contributed by atoms with Crippen LogP contribution in [0.3, 0.4) is 0 Å². The van der Waals surface area contributed by atoms with E-state index in [1.165, 1.54) is 50.9 Å². The number of nitrogens with two attached hydrogens (primary N) is 4. The van der Waals surface area contributed by atoms with Gasteiger partial charge in [-0.1, -0.05) is 87.4 Å². The molecule has 0 spiro atoms. The van der Waals surface area contributed by atoms with Crippen LogP contribution in [0, 0.1) is 27.1 Å². The molecule has 13 heterocycles. The van der Waals surface area contributed by atoms with E-state index in [0.29, 0.717) is 128 Å². The third kappa shape index (κ3) is 31.4. The van der Waals surface area contributed by atoms with E-state index in [9.17, 15) is 66.7 Å². The number of esters is 2. The molecule has 0 radical (unpaired) electrons. The number of ether oxygens (including phenoxy) is 3. The van der Waals surface area contributed by atoms with Gasteiger partial charge in [-0.05, 0) is 234 Å². The average molecular weight is 2090 g/mol. The molecule has 18 rings (SSSR count). The molecule has 8 aromatic heterocycles. The highest BCUT2D eigenvalue weighted by Crippen LogP contribution is 2.62. The first-order valence-corrected chi connectivity index (χ1v) is 50.7. The number of anilines is 1. The van der Waals surface area contributed by atoms with Crippen molar-refractivity contribution in [3.8, 4) is 28.8 Å². The predicted molar refractivity (Wildman–Crippen MR) is 530 cm³/mol. The molecule has 40 nitrogen and oxygen atoms in total. The summed E-state index contributed by atoms with van der Waals surface area (Å²) in [5.74, 6) is 15.0. The molecular formula is C90H98Cl7N21O19P2. The van der Waals surface area contributed by atoms with Gasteiger partial charge in [-0.25, -0.2) is 35.4 Å². The van der Waals surface area contributed by atoms with Crippen LogP contribution in [-0.4, -0.2) is 137 Å². The van der Waals surface area contributed by atoms with E-state index < -0.39 is 45.3 Å². The molecule has 5 aromatic carbocycles. The first kappa shape index (κ1) is 112. The fourth-order valence-corrected chi connectivity index (χ4v) is 14.8. The molecule has 0 atom stereocenters. The summed E-state index contributed by atoms with van der Waals surface area (Å²) in [5, 5.41) is 6.14. The molecule has 14 N–H and O–H groups in total. The van der Waals surface area contributed by atoms with Gasteiger partial charge in [0, 0.05) is 100 Å². The highest BCUT2D eigenvalue weighted by Gasteiger charge is 2.36. The molecule has 139 heavy (non-hydrogen) atoms. The highest BCUT2D eigenvalue weighted by molar-refractivity contribution is 8.25. The summed E-state index contributed by atoms with van der Waals surface area (Å²) in [6.45, 7) is 24.9. The van der Waals surface area contributed by atoms with E-state index >= 15 is 0 Å². The van der Waals surface area contributed by atoms with Crippen LogP contribution < -0.4 is 71.8 Å². The number of methoxy groups -OCH3 is 2. The van der Waals surface area contributed by atoms with E-state index in [-0.39, 0.29) is 84.3 Å². The second-order valence-electron chi connectivity index (χ2n) is 35.0. The van der Waals surface area contributed by atoms with Crippen LogP contribution in [0.5, 0.6) is 5.75 Å². The molecule has 1 fully saturated rings. The lowest BCUT2D eigenvalue weighted by Crippen LogP contribution is -2.41. The van der Waals surface area contributed by atoms with Gasteiger partial charge >= 0.3 is 22.3 Å². The average Bonchev–Trinajstić information content (AvgIpc) is 1.68. The number of hydrogen-bond acceptors (Lipinski definition) is 31. The van der Waals surface area contributed by atoms with E-state index in [0.717, 1.165) is 54.7 Å². The second kappa shape index (κ2) is 47.8. The van der Waals surface area contributed by atoms with Crippen LogP contribution in [0.25, 0.3) is 66.7 Å². The van der Waals surface area contributed by atoms with Crippen molar-refractivity contribution in [3.05, 3.63) is 263 Å². The number of carbonyl (C=O) groups excluding carboxylic acids is 8. The lowest BCUT2D eigenvalue weighted by atomic mass is 9.92. The monoisotopic (exact) mass is 2080 g/mol. The van der Waals surface area contributed by atoms with Crippen LogP contribution in [0.1, 0.15) is 161 Å². The van der Waals surface area contributed by atoms with E-state index in [1.54, 1.807) is 115 Å². The number of hydrazine groups is 3. The number of halogens is 7. The summed E-state index contributed by atoms with van der Waals surface area (Å²) in [5.41, 5.74) is 18.1. The number of nitrogens with one attached hydrogen (secondary N) is 4. The Balaban J connectivity index is 0.000000200. The summed E-state index contributed by atoms with van der Waals surface area (Å²) in [4.78, 5) is 170. The lowest BCUT2D eigenvalue weighted by Gasteiger charge is -2.13. The Kier molecular flexibility index (Phi) is 38.4. The molecule has 0 aliphatic carbocycles. The van der Waals surface area contributed by atoms with Gasteiger partial charge in [0.2, 0.25) is 11.8 Å². The first-order valence-electron chi connectivity index (χ1n) is 41.4. The van der Waals surface area contributed by atoms with Crippen molar-refractivity contribution in [3.63, 3.8) is 0 Å². The summed E-state index contributed by atoms with van der Waals surface area (Å²) in [6.07, 6.45) is 8.38. The van der Waals surface area contributed by atoms with Crippen molar-refractivity contribution >= 4 is 186 Å². The molecule has 0 unspecified atom stereocenters. The Bertz CT molecular complexity index is 6960. The largest absolute Gasteiger partial charge is 0.465 e. The quantitative estimate of drug-likeness (QED) is 0.00921. The SMILES string of the molecule is CC1(C)CNC(=O)C1.CC1(C)Cc2nc3cc(-c4nnc(-c5ccccn5)o4)ccc3c(=O)n2C1.CC1(C)Cc2nc3cc(C(=O)NN)ccc3c(=O)n2C1.CC1(C)Cc2nc3cc(C(=O)NNC(=O)c4ccccn4)ccc3c(=O)n2C1.COC(=O)c1ccc(OC=O)c(N)c1.COC(=O)c1ccc2c(=O)n3c(nc2c1)CC(C)(C)C3.NN.O.O=C(Cl)c1ccccn1.O=P(Cl)(Cl)Cl.O=P(Cl)(Cl)Cl. The molecular weight excluding hydrogens is 1990 g/mol. The van der Waals surface area contributed by atoms with Crippen LogP contribution >= 0.6 is 89.4 Å². The second-order valence-corrected chi connectivity index (χ2v) is 48.7. The number of nitrogens with zero attached hydrogens (tertiary/aromatic N) is 13. The van der Waals surface area contributed by atoms with Crippen LogP contribution in [-0.2, 0) is 80.1 Å². The van der Waals surface area contributed by atoms with Gasteiger partial charge in [0.25, 0.3) is 57.6 Å². The van der Waals surface area contributed by atoms with Crippen molar-refractivity contribution in [2.45, 2.75) is 128 Å². The standard InChI is InChI=1S/C20H19N5O3.C20H17N5O2.C15H16N2O3.C14H16N4O2.C9H9NO4.C6H4ClNO.C6H11NO.2Cl3OP.H4N2.H2O/c1-20(2)10-16-22-15-9-12(6-7-13(15)19(28)25(16)11-20)17(26)23-24-18(27)14-5-3-4-8-21-14;1-20(2)10-16-22-15-9-12(6-7-13(15)19(26)25(16)11-20)17-23-24-18(27-17)14-5-3-4-8-21-14;1-15(2)7-12-16-11-6-9(14(19)20-3)4-5-10(11)13(18)17(12)8-15;1-14(2)6-11-16-10-5-8(12(19)17-15)3-4-9(10)13(20)18(11)7-14;1-13-9(12)6-2-3-8(14-5-11)7(10)4-6;7-6(9)5-3-1-2-4-8-5;1-6(2)3-5(8)7-4-6;2*1-5(2,3)4;1-2;/h3-9H,10-11H2,1-2H3,(H,23,26)(H,24,27);3-9H,10-11H2,1-2H3;4-6H,7-8H2,1-3H3;3-5H,6-7,15H2,1-2H3,(H,17,19);2-5H,10H2,1H3;1-4H;3-4H2,1-2H3,(H,7,8);;;1-2H2;1H2. The summed E-state index contributed by atoms with van der Waals surface area (Å²) < 4.78 is 45.5. The topological polar surface area (TPSA) is 599 Å². The minimum absolute atomic E-state index is 0. The van der Waals surface area contributed by atoms with Crippen LogP contribution in [0.15, 0.2) is 188 Å². The minimum Gasteiger partial charge on any atom is -0.465 e. The number of hydrogen-bond donors (Lipinski definition) is 8. The van der Waals surface area contributed by atoms with E-state index in [1.807, 2.05) is 30.3 Å². The van der Waals surface area contributed by atoms with Crippen molar-refractivity contribution in [1.29, 1.82) is 0 Å². The number of benzene rings is 5. The molecule has 1 saturated heterocycles. The molecule has 4 amide bonds. The summed E-state index contributed by atoms with van der Waals surface area (Å²) >= 11 is 32.8. The van der Waals surface area contributed by atoms with Crippen molar-refractivity contribution in [2.24, 2.45) is 44.6 Å². The Morgan fingerprint density at radius 2 is 0.820 bits per heavy atom. The zero-order chi connectivity index (χ0) is 102. The third-order valence-corrected chi connectivity index (χ3v) is 20.9. The van der Waals surface area contributed by atoms with Gasteiger partial charge in [0.05, 0.1) is 74.6 Å². The normalized spacial score (nSPS) is 14.4. The fourth-order valence-electron chi connectivity index (χ4n) is 14.7. The van der Waals surface area contributed by atoms with Gasteiger partial charge in [-0.15, -0.1) is 10.2 Å². The number of pyridine rings is 3. The van der Waals surface area contributed by atoms with Gasteiger partial charge in [0.1, 0.15) is 40.4 Å². The van der Waals surface area contributed by atoms with Crippen molar-refractivity contribution in [1.82, 2.24) is 84.9 Å². The molecule has 0 saturated carbocycles. The van der Waals surface area contributed by atoms with E-state index in [2.05, 4.69) is 220 Å². The van der Waals surface area contributed by atoms with Crippen LogP contribution in [0.2, 0.25) is 0 Å². The lowest BCUT2D eigenvalue weighted by molar-refractivity contribution is -0.121. The highest BCUT2D eigenvalue weighted by atomic mass is 36.1. The minimum atomic E-state index is -3.22. The van der Waals surface area contributed by atoms with Gasteiger partial charge < -0.3 is 35.2 Å². The van der Waals surface area contributed by atoms with E-state index in [4.69, 9.17) is 37.3 Å². The van der Waals surface area contributed by atoms with Gasteiger partial charge in [0.15, 0.2) is 5.75 Å². The molecule has 49 heteroatoms. The maximum atomic E-state index is 12.8. The number of fused-ring (bicyclic) bond motifs is 8. The molecule has 736 valence electrons. The maximum absolute atomic E-state index is 12.8. The number of amides is 4. The maximum Gasteiger partial charge on any atom is 0.339 e. The smallest absolute Gasteiger partial charge is 0.339 e. The third-order valence-electron chi connectivity index (χ3n) is 20.7. The predicted octanol–water partition coefficient (Wildman–Crippen LogP) is 13.1. The Hall–Kier alpha value is -12.7. The molecule has 5 aliphatic rings. The zero-order valence-electron chi connectivity index (χ0n) is 76.7. The Morgan fingerprint density at radius 3 is 1.17 bits per heavy atom. The summed E-state index contributed by atoms with van der Waals surface area (Å²) in [7, 11) is 2.61. The number of carbonyl (C=O) groups is 8. The fraction of sp³-hybridized carbons (Fsp3) is 0.300. The number of rotatable bonds is 10. The molecule has 0 bridgehead atoms. The van der Waals surface area contributed by atoms with Crippen molar-refractivity contribution in [2.75, 3.05) is 26.5 Å². The Labute approximate surface area is 827 Å². The van der Waals surface area contributed by atoms with Crippen molar-refractivity contribution < 1.29 is 71.6 Å². The van der Waals surface area contributed by atoms with Gasteiger partial charge in [-0.3, -0.25) is 118 Å². The zero-order valence-corrected chi connectivity index (χ0v) is 83.8. The Morgan fingerprint density at radius 1 is 0.460 bits per heavy atom. The molecule has 13 aromatic rings. The summed E-state index contributed by atoms with van der Waals surface area (Å²) in [6, 6.07) is 39.5. The van der Waals surface area contributed by atoms with Crippen LogP contribution in [0.4, 0.5) is 5.69 Å². The van der Waals surface area contributed by atoms with Gasteiger partial charge in [-0.2, -0.15) is 0 Å².